The number of hydrogen-bond donors (Lipinski definition) is 1. The number of nitrogens with zero attached hydrogens (tertiary/aromatic N) is 1. The van der Waals surface area contributed by atoms with Crippen LogP contribution in [0, 0.1) is 13.8 Å². The molecular weight excluding hydrogens is 236 g/mol. The Hall–Kier alpha value is -1.35. The van der Waals surface area contributed by atoms with E-state index in [1.165, 1.54) is 0 Å². The maximum Gasteiger partial charge on any atom is 0.254 e. The number of amides is 1. The number of aryl methyl sites for hydroxylation is 2. The summed E-state index contributed by atoms with van der Waals surface area (Å²) < 4.78 is 0. The molecule has 19 heavy (non-hydrogen) atoms. The first-order valence-corrected chi connectivity index (χ1v) is 7.12. The van der Waals surface area contributed by atoms with Crippen molar-refractivity contribution in [1.29, 1.82) is 0 Å². The van der Waals surface area contributed by atoms with E-state index in [1.807, 2.05) is 30.9 Å². The Bertz CT molecular complexity index is 405. The Kier molecular flexibility index (Phi) is 6.03. The van der Waals surface area contributed by atoms with Gasteiger partial charge in [0.15, 0.2) is 0 Å². The van der Waals surface area contributed by atoms with Gasteiger partial charge in [-0.25, -0.2) is 0 Å². The van der Waals surface area contributed by atoms with Crippen LogP contribution in [0.3, 0.4) is 0 Å². The molecule has 1 aromatic carbocycles. The van der Waals surface area contributed by atoms with Gasteiger partial charge in [-0.3, -0.25) is 4.79 Å². The van der Waals surface area contributed by atoms with Crippen molar-refractivity contribution in [3.8, 4) is 0 Å². The predicted octanol–water partition coefficient (Wildman–Crippen LogP) is 2.89. The molecule has 0 saturated carbocycles. The highest BCUT2D eigenvalue weighted by molar-refractivity contribution is 5.94. The number of rotatable bonds is 6. The molecule has 0 atom stereocenters. The molecule has 0 aromatic heterocycles. The molecule has 1 amide bonds. The average molecular weight is 262 g/mol. The topological polar surface area (TPSA) is 46.3 Å². The maximum atomic E-state index is 12.7. The summed E-state index contributed by atoms with van der Waals surface area (Å²) in [6.45, 7) is 9.41. The zero-order chi connectivity index (χ0) is 14.4. The lowest BCUT2D eigenvalue weighted by Crippen LogP contribution is -2.42. The molecule has 0 unspecified atom stereocenters. The number of nitrogens with two attached hydrogens (primary N) is 1. The second kappa shape index (κ2) is 7.29. The molecule has 0 aliphatic heterocycles. The van der Waals surface area contributed by atoms with Crippen molar-refractivity contribution < 1.29 is 4.79 Å². The van der Waals surface area contributed by atoms with E-state index in [1.54, 1.807) is 0 Å². The predicted molar refractivity (Wildman–Crippen MR) is 80.4 cm³/mol. The molecule has 0 aliphatic carbocycles. The van der Waals surface area contributed by atoms with Crippen LogP contribution >= 0.6 is 0 Å². The Labute approximate surface area is 116 Å². The van der Waals surface area contributed by atoms with E-state index in [0.717, 1.165) is 29.5 Å². The van der Waals surface area contributed by atoms with Gasteiger partial charge in [-0.2, -0.15) is 0 Å². The SMILES string of the molecule is CCC(CC)N(CCN)C(=O)c1cc(C)cc(C)c1. The quantitative estimate of drug-likeness (QED) is 0.857. The van der Waals surface area contributed by atoms with E-state index in [0.29, 0.717) is 13.1 Å². The number of hydrogen-bond acceptors (Lipinski definition) is 2. The first kappa shape index (κ1) is 15.7. The summed E-state index contributed by atoms with van der Waals surface area (Å²) in [4.78, 5) is 14.6. The maximum absolute atomic E-state index is 12.7. The van der Waals surface area contributed by atoms with E-state index in [-0.39, 0.29) is 11.9 Å². The zero-order valence-corrected chi connectivity index (χ0v) is 12.6. The van der Waals surface area contributed by atoms with Crippen molar-refractivity contribution in [3.05, 3.63) is 34.9 Å². The summed E-state index contributed by atoms with van der Waals surface area (Å²) in [7, 11) is 0. The number of carbonyl (C=O) groups excluding carboxylic acids is 1. The molecule has 0 aliphatic rings. The Morgan fingerprint density at radius 2 is 1.68 bits per heavy atom. The lowest BCUT2D eigenvalue weighted by atomic mass is 10.0. The van der Waals surface area contributed by atoms with Crippen molar-refractivity contribution >= 4 is 5.91 Å². The van der Waals surface area contributed by atoms with Crippen LogP contribution in [0.4, 0.5) is 0 Å². The van der Waals surface area contributed by atoms with Gasteiger partial charge in [0, 0.05) is 24.7 Å². The fraction of sp³-hybridized carbons (Fsp3) is 0.562. The van der Waals surface area contributed by atoms with Gasteiger partial charge in [0.1, 0.15) is 0 Å². The lowest BCUT2D eigenvalue weighted by molar-refractivity contribution is 0.0674. The summed E-state index contributed by atoms with van der Waals surface area (Å²) in [6, 6.07) is 6.28. The molecule has 1 rings (SSSR count). The van der Waals surface area contributed by atoms with Gasteiger partial charge in [-0.1, -0.05) is 31.0 Å². The molecule has 0 radical (unpaired) electrons. The van der Waals surface area contributed by atoms with E-state index in [9.17, 15) is 4.79 Å². The van der Waals surface area contributed by atoms with Crippen molar-refractivity contribution in [2.75, 3.05) is 13.1 Å². The molecule has 0 saturated heterocycles. The minimum absolute atomic E-state index is 0.103. The van der Waals surface area contributed by atoms with Crippen LogP contribution < -0.4 is 5.73 Å². The van der Waals surface area contributed by atoms with E-state index in [4.69, 9.17) is 5.73 Å². The van der Waals surface area contributed by atoms with Crippen molar-refractivity contribution in [1.82, 2.24) is 4.90 Å². The van der Waals surface area contributed by atoms with Crippen molar-refractivity contribution in [3.63, 3.8) is 0 Å². The Balaban J connectivity index is 3.04. The molecule has 0 spiro atoms. The molecule has 0 fully saturated rings. The van der Waals surface area contributed by atoms with Crippen LogP contribution in [-0.2, 0) is 0 Å². The molecule has 0 heterocycles. The zero-order valence-electron chi connectivity index (χ0n) is 12.6. The molecule has 0 bridgehead atoms. The van der Waals surface area contributed by atoms with Gasteiger partial charge >= 0.3 is 0 Å². The fourth-order valence-corrected chi connectivity index (χ4v) is 2.58. The first-order chi connectivity index (χ1) is 9.03. The Morgan fingerprint density at radius 3 is 2.11 bits per heavy atom. The van der Waals surface area contributed by atoms with Crippen LogP contribution in [0.5, 0.6) is 0 Å². The largest absolute Gasteiger partial charge is 0.334 e. The molecule has 3 nitrogen and oxygen atoms in total. The molecule has 2 N–H and O–H groups in total. The lowest BCUT2D eigenvalue weighted by Gasteiger charge is -2.30. The standard InChI is InChI=1S/C16H26N2O/c1-5-15(6-2)18(8-7-17)16(19)14-10-12(3)9-13(4)11-14/h9-11,15H,5-8,17H2,1-4H3. The summed E-state index contributed by atoms with van der Waals surface area (Å²) in [5, 5.41) is 0. The molecular formula is C16H26N2O. The summed E-state index contributed by atoms with van der Waals surface area (Å²) in [6.07, 6.45) is 1.93. The Morgan fingerprint density at radius 1 is 1.16 bits per heavy atom. The summed E-state index contributed by atoms with van der Waals surface area (Å²) in [5.74, 6) is 0.103. The first-order valence-electron chi connectivity index (χ1n) is 7.12. The van der Waals surface area contributed by atoms with Gasteiger partial charge in [0.25, 0.3) is 5.91 Å². The highest BCUT2D eigenvalue weighted by Crippen LogP contribution is 2.16. The van der Waals surface area contributed by atoms with Gasteiger partial charge < -0.3 is 10.6 Å². The van der Waals surface area contributed by atoms with Gasteiger partial charge in [-0.15, -0.1) is 0 Å². The fourth-order valence-electron chi connectivity index (χ4n) is 2.58. The smallest absolute Gasteiger partial charge is 0.254 e. The van der Waals surface area contributed by atoms with Crippen molar-refractivity contribution in [2.45, 2.75) is 46.6 Å². The van der Waals surface area contributed by atoms with Gasteiger partial charge in [0.05, 0.1) is 0 Å². The van der Waals surface area contributed by atoms with Crippen LogP contribution in [0.2, 0.25) is 0 Å². The molecule has 1 aromatic rings. The third kappa shape index (κ3) is 4.06. The molecule has 106 valence electrons. The van der Waals surface area contributed by atoms with Crippen LogP contribution in [0.1, 0.15) is 48.2 Å². The highest BCUT2D eigenvalue weighted by atomic mass is 16.2. The third-order valence-electron chi connectivity index (χ3n) is 3.48. The monoisotopic (exact) mass is 262 g/mol. The number of carbonyl (C=O) groups is 1. The van der Waals surface area contributed by atoms with Crippen molar-refractivity contribution in [2.24, 2.45) is 5.73 Å². The van der Waals surface area contributed by atoms with Crippen LogP contribution in [0.15, 0.2) is 18.2 Å². The highest BCUT2D eigenvalue weighted by Gasteiger charge is 2.21. The molecule has 3 heteroatoms. The second-order valence-corrected chi connectivity index (χ2v) is 5.13. The summed E-state index contributed by atoms with van der Waals surface area (Å²) >= 11 is 0. The van der Waals surface area contributed by atoms with E-state index in [2.05, 4.69) is 19.9 Å². The van der Waals surface area contributed by atoms with Crippen LogP contribution in [0.25, 0.3) is 0 Å². The minimum Gasteiger partial charge on any atom is -0.334 e. The van der Waals surface area contributed by atoms with Gasteiger partial charge in [0.2, 0.25) is 0 Å². The summed E-state index contributed by atoms with van der Waals surface area (Å²) in [5.41, 5.74) is 8.69. The second-order valence-electron chi connectivity index (χ2n) is 5.13. The van der Waals surface area contributed by atoms with E-state index < -0.39 is 0 Å². The minimum atomic E-state index is 0.103. The van der Waals surface area contributed by atoms with E-state index >= 15 is 0 Å². The number of benzene rings is 1. The average Bonchev–Trinajstić information content (AvgIpc) is 2.37. The van der Waals surface area contributed by atoms with Gasteiger partial charge in [-0.05, 0) is 38.8 Å². The van der Waals surface area contributed by atoms with Crippen LogP contribution in [-0.4, -0.2) is 29.9 Å². The normalized spacial score (nSPS) is 10.8. The third-order valence-corrected chi connectivity index (χ3v) is 3.48.